The second-order valence-corrected chi connectivity index (χ2v) is 6.78. The highest BCUT2D eigenvalue weighted by molar-refractivity contribution is 9.10. The predicted molar refractivity (Wildman–Crippen MR) is 86.6 cm³/mol. The summed E-state index contributed by atoms with van der Waals surface area (Å²) in [6.07, 6.45) is 6.38. The smallest absolute Gasteiger partial charge is 0.252 e. The van der Waals surface area contributed by atoms with Crippen LogP contribution in [-0.4, -0.2) is 12.5 Å². The molecule has 2 atom stereocenters. The lowest BCUT2D eigenvalue weighted by Crippen LogP contribution is -2.27. The molecule has 2 rings (SSSR count). The predicted octanol–water partition coefficient (Wildman–Crippen LogP) is 3.98. The molecule has 0 spiro atoms. The Morgan fingerprint density at radius 1 is 1.45 bits per heavy atom. The average Bonchev–Trinajstić information content (AvgIpc) is 2.41. The Hall–Kier alpha value is -1.03. The maximum atomic E-state index is 12.1. The number of carbonyl (C=O) groups is 1. The SMILES string of the molecule is CC1CCCC(CCNC(=O)c2cc(N)ccc2Br)C1. The minimum absolute atomic E-state index is 0.0481. The molecule has 1 aromatic rings. The third-order valence-corrected chi connectivity index (χ3v) is 4.81. The summed E-state index contributed by atoms with van der Waals surface area (Å²) in [6, 6.07) is 5.31. The Labute approximate surface area is 129 Å². The number of nitrogens with two attached hydrogens (primary N) is 1. The molecule has 0 bridgehead atoms. The second-order valence-electron chi connectivity index (χ2n) is 5.92. The molecule has 1 aliphatic rings. The molecule has 20 heavy (non-hydrogen) atoms. The summed E-state index contributed by atoms with van der Waals surface area (Å²) in [5.41, 5.74) is 6.95. The molecule has 2 unspecified atom stereocenters. The van der Waals surface area contributed by atoms with Gasteiger partial charge < -0.3 is 11.1 Å². The third-order valence-electron chi connectivity index (χ3n) is 4.12. The number of hydrogen-bond acceptors (Lipinski definition) is 2. The molecule has 1 fully saturated rings. The highest BCUT2D eigenvalue weighted by Crippen LogP contribution is 2.30. The molecular weight excluding hydrogens is 316 g/mol. The van der Waals surface area contributed by atoms with Crippen molar-refractivity contribution < 1.29 is 4.79 Å². The lowest BCUT2D eigenvalue weighted by Gasteiger charge is -2.26. The zero-order valence-electron chi connectivity index (χ0n) is 12.0. The van der Waals surface area contributed by atoms with Gasteiger partial charge in [-0.2, -0.15) is 0 Å². The highest BCUT2D eigenvalue weighted by atomic mass is 79.9. The van der Waals surface area contributed by atoms with Crippen LogP contribution in [0.25, 0.3) is 0 Å². The van der Waals surface area contributed by atoms with Gasteiger partial charge in [0, 0.05) is 16.7 Å². The zero-order chi connectivity index (χ0) is 14.5. The number of anilines is 1. The van der Waals surface area contributed by atoms with Gasteiger partial charge >= 0.3 is 0 Å². The van der Waals surface area contributed by atoms with Gasteiger partial charge in [0.2, 0.25) is 0 Å². The van der Waals surface area contributed by atoms with E-state index >= 15 is 0 Å². The maximum Gasteiger partial charge on any atom is 0.252 e. The van der Waals surface area contributed by atoms with Gasteiger partial charge in [0.15, 0.2) is 0 Å². The molecule has 0 aliphatic heterocycles. The second kappa shape index (κ2) is 7.11. The number of carbonyl (C=O) groups excluding carboxylic acids is 1. The molecule has 4 heteroatoms. The van der Waals surface area contributed by atoms with Crippen molar-refractivity contribution >= 4 is 27.5 Å². The molecule has 1 aromatic carbocycles. The van der Waals surface area contributed by atoms with E-state index in [0.29, 0.717) is 11.3 Å². The average molecular weight is 339 g/mol. The van der Waals surface area contributed by atoms with Crippen molar-refractivity contribution in [2.24, 2.45) is 11.8 Å². The fraction of sp³-hybridized carbons (Fsp3) is 0.562. The van der Waals surface area contributed by atoms with Crippen LogP contribution in [0, 0.1) is 11.8 Å². The van der Waals surface area contributed by atoms with Gasteiger partial charge in [-0.05, 0) is 58.8 Å². The molecule has 0 radical (unpaired) electrons. The van der Waals surface area contributed by atoms with E-state index in [1.54, 1.807) is 12.1 Å². The first-order valence-corrected chi connectivity index (χ1v) is 8.18. The summed E-state index contributed by atoms with van der Waals surface area (Å²) in [5, 5.41) is 3.00. The van der Waals surface area contributed by atoms with Gasteiger partial charge in [0.1, 0.15) is 0 Å². The van der Waals surface area contributed by atoms with Crippen LogP contribution in [0.4, 0.5) is 5.69 Å². The Morgan fingerprint density at radius 3 is 3.00 bits per heavy atom. The third kappa shape index (κ3) is 4.23. The molecule has 1 aliphatic carbocycles. The first-order valence-electron chi connectivity index (χ1n) is 7.39. The monoisotopic (exact) mass is 338 g/mol. The number of amides is 1. The van der Waals surface area contributed by atoms with Gasteiger partial charge in [-0.15, -0.1) is 0 Å². The Bertz CT molecular complexity index is 476. The minimum Gasteiger partial charge on any atom is -0.399 e. The van der Waals surface area contributed by atoms with Crippen molar-refractivity contribution in [3.05, 3.63) is 28.2 Å². The van der Waals surface area contributed by atoms with Gasteiger partial charge in [-0.25, -0.2) is 0 Å². The van der Waals surface area contributed by atoms with Crippen molar-refractivity contribution in [2.45, 2.75) is 39.0 Å². The Balaban J connectivity index is 1.81. The van der Waals surface area contributed by atoms with E-state index in [0.717, 1.165) is 29.3 Å². The Morgan fingerprint density at radius 2 is 2.25 bits per heavy atom. The van der Waals surface area contributed by atoms with Crippen molar-refractivity contribution in [1.82, 2.24) is 5.32 Å². The quantitative estimate of drug-likeness (QED) is 0.816. The molecule has 1 amide bonds. The zero-order valence-corrected chi connectivity index (χ0v) is 13.6. The molecule has 0 heterocycles. The molecule has 1 saturated carbocycles. The summed E-state index contributed by atoms with van der Waals surface area (Å²) >= 11 is 3.39. The van der Waals surface area contributed by atoms with Crippen molar-refractivity contribution in [3.63, 3.8) is 0 Å². The number of hydrogen-bond donors (Lipinski definition) is 2. The first-order chi connectivity index (χ1) is 9.56. The van der Waals surface area contributed by atoms with Crippen LogP contribution in [0.3, 0.4) is 0 Å². The van der Waals surface area contributed by atoms with Gasteiger partial charge in [0.05, 0.1) is 5.56 Å². The van der Waals surface area contributed by atoms with Crippen LogP contribution in [-0.2, 0) is 0 Å². The largest absolute Gasteiger partial charge is 0.399 e. The van der Waals surface area contributed by atoms with Crippen molar-refractivity contribution in [1.29, 1.82) is 0 Å². The normalized spacial score (nSPS) is 22.5. The fourth-order valence-electron chi connectivity index (χ4n) is 3.02. The maximum absolute atomic E-state index is 12.1. The Kier molecular flexibility index (Phi) is 5.46. The van der Waals surface area contributed by atoms with Gasteiger partial charge in [0.25, 0.3) is 5.91 Å². The molecular formula is C16H23BrN2O. The lowest BCUT2D eigenvalue weighted by molar-refractivity contribution is 0.0949. The number of rotatable bonds is 4. The molecule has 110 valence electrons. The van der Waals surface area contributed by atoms with E-state index in [2.05, 4.69) is 28.2 Å². The topological polar surface area (TPSA) is 55.1 Å². The van der Waals surface area contributed by atoms with Crippen LogP contribution >= 0.6 is 15.9 Å². The van der Waals surface area contributed by atoms with E-state index in [1.807, 2.05) is 6.07 Å². The molecule has 3 N–H and O–H groups in total. The van der Waals surface area contributed by atoms with Gasteiger partial charge in [-0.1, -0.05) is 26.2 Å². The van der Waals surface area contributed by atoms with E-state index in [4.69, 9.17) is 5.73 Å². The fourth-order valence-corrected chi connectivity index (χ4v) is 3.45. The first kappa shape index (κ1) is 15.4. The van der Waals surface area contributed by atoms with E-state index in [9.17, 15) is 4.79 Å². The molecule has 0 saturated heterocycles. The summed E-state index contributed by atoms with van der Waals surface area (Å²) < 4.78 is 0.787. The lowest BCUT2D eigenvalue weighted by atomic mass is 9.81. The number of halogens is 1. The van der Waals surface area contributed by atoms with Crippen molar-refractivity contribution in [3.8, 4) is 0 Å². The van der Waals surface area contributed by atoms with Crippen molar-refractivity contribution in [2.75, 3.05) is 12.3 Å². The number of benzene rings is 1. The van der Waals surface area contributed by atoms with Crippen LogP contribution in [0.5, 0.6) is 0 Å². The van der Waals surface area contributed by atoms with Gasteiger partial charge in [-0.3, -0.25) is 4.79 Å². The summed E-state index contributed by atoms with van der Waals surface area (Å²) in [7, 11) is 0. The van der Waals surface area contributed by atoms with Crippen LogP contribution in [0.1, 0.15) is 49.4 Å². The summed E-state index contributed by atoms with van der Waals surface area (Å²) in [5.74, 6) is 1.56. The molecule has 3 nitrogen and oxygen atoms in total. The van der Waals surface area contributed by atoms with Crippen LogP contribution in [0.2, 0.25) is 0 Å². The van der Waals surface area contributed by atoms with E-state index in [-0.39, 0.29) is 5.91 Å². The van der Waals surface area contributed by atoms with E-state index in [1.165, 1.54) is 25.7 Å². The van der Waals surface area contributed by atoms with Crippen LogP contribution < -0.4 is 11.1 Å². The standard InChI is InChI=1S/C16H23BrN2O/c1-11-3-2-4-12(9-11)7-8-19-16(20)14-10-13(18)5-6-15(14)17/h5-6,10-12H,2-4,7-9,18H2,1H3,(H,19,20). The van der Waals surface area contributed by atoms with E-state index < -0.39 is 0 Å². The van der Waals surface area contributed by atoms with Crippen LogP contribution in [0.15, 0.2) is 22.7 Å². The summed E-state index contributed by atoms with van der Waals surface area (Å²) in [6.45, 7) is 3.08. The molecule has 0 aromatic heterocycles. The minimum atomic E-state index is -0.0481. The highest BCUT2D eigenvalue weighted by Gasteiger charge is 2.19. The number of nitrogens with one attached hydrogen (secondary N) is 1. The number of nitrogen functional groups attached to an aromatic ring is 1. The summed E-state index contributed by atoms with van der Waals surface area (Å²) in [4.78, 5) is 12.1.